The molecule has 102 valence electrons. The number of nitrogens with two attached hydrogens (primary N) is 1. The molecule has 1 aromatic carbocycles. The average molecular weight is 276 g/mol. The van der Waals surface area contributed by atoms with Crippen LogP contribution in [0.1, 0.15) is 19.8 Å². The van der Waals surface area contributed by atoms with Gasteiger partial charge < -0.3 is 11.1 Å². The van der Waals surface area contributed by atoms with E-state index < -0.39 is 0 Å². The molecule has 1 saturated carbocycles. The number of benzene rings is 1. The van der Waals surface area contributed by atoms with Crippen LogP contribution < -0.4 is 11.1 Å². The Labute approximate surface area is 117 Å². The van der Waals surface area contributed by atoms with Gasteiger partial charge in [0.2, 0.25) is 0 Å². The predicted octanol–water partition coefficient (Wildman–Crippen LogP) is 2.77. The molecule has 0 saturated heterocycles. The zero-order chi connectivity index (χ0) is 13.2. The van der Waals surface area contributed by atoms with Crippen molar-refractivity contribution >= 4 is 32.4 Å². The van der Waals surface area contributed by atoms with E-state index in [4.69, 9.17) is 5.73 Å². The quantitative estimate of drug-likeness (QED) is 0.797. The first-order chi connectivity index (χ1) is 9.26. The second-order valence-electron chi connectivity index (χ2n) is 5.03. The number of hydrogen-bond donors (Lipinski definition) is 2. The molecule has 3 rings (SSSR count). The topological polar surface area (TPSA) is 54.2 Å². The van der Waals surface area contributed by atoms with Crippen molar-refractivity contribution in [3.8, 4) is 0 Å². The van der Waals surface area contributed by atoms with Crippen molar-refractivity contribution in [2.45, 2.75) is 25.8 Å². The highest BCUT2D eigenvalue weighted by Crippen LogP contribution is 2.28. The third kappa shape index (κ3) is 2.98. The molecule has 0 unspecified atom stereocenters. The summed E-state index contributed by atoms with van der Waals surface area (Å²) < 4.78 is 1.15. The van der Waals surface area contributed by atoms with Crippen molar-refractivity contribution < 1.29 is 0 Å². The van der Waals surface area contributed by atoms with E-state index in [1.807, 2.05) is 18.2 Å². The summed E-state index contributed by atoms with van der Waals surface area (Å²) in [5.74, 6) is 0. The van der Waals surface area contributed by atoms with Gasteiger partial charge in [0, 0.05) is 24.8 Å². The van der Waals surface area contributed by atoms with Crippen molar-refractivity contribution in [1.82, 2.24) is 9.88 Å². The summed E-state index contributed by atoms with van der Waals surface area (Å²) in [4.78, 5) is 7.11. The standard InChI is InChI=1S/C14H20N4S/c1-2-18(11-4-5-11)8-7-16-14-17-12-6-3-10(15)9-13(12)19-14/h3,6,9,11H,2,4-5,7-8,15H2,1H3,(H,16,17). The number of rotatable bonds is 6. The third-order valence-electron chi connectivity index (χ3n) is 3.56. The van der Waals surface area contributed by atoms with E-state index in [0.29, 0.717) is 0 Å². The Bertz CT molecular complexity index is 562. The molecule has 1 aliphatic carbocycles. The molecule has 5 heteroatoms. The number of likely N-dealkylation sites (N-methyl/N-ethyl adjacent to an activating group) is 1. The Balaban J connectivity index is 1.58. The van der Waals surface area contributed by atoms with Crippen LogP contribution in [0.4, 0.5) is 10.8 Å². The van der Waals surface area contributed by atoms with Gasteiger partial charge in [-0.15, -0.1) is 0 Å². The molecule has 3 N–H and O–H groups in total. The fraction of sp³-hybridized carbons (Fsp3) is 0.500. The first-order valence-electron chi connectivity index (χ1n) is 6.90. The molecule has 0 aliphatic heterocycles. The highest BCUT2D eigenvalue weighted by Gasteiger charge is 2.27. The molecular formula is C14H20N4S. The van der Waals surface area contributed by atoms with Crippen LogP contribution in [0, 0.1) is 0 Å². The zero-order valence-corrected chi connectivity index (χ0v) is 12.0. The van der Waals surface area contributed by atoms with E-state index in [1.54, 1.807) is 11.3 Å². The molecule has 1 aromatic heterocycles. The van der Waals surface area contributed by atoms with E-state index in [9.17, 15) is 0 Å². The van der Waals surface area contributed by atoms with Crippen LogP contribution in [-0.4, -0.2) is 35.6 Å². The minimum atomic E-state index is 0.800. The summed E-state index contributed by atoms with van der Waals surface area (Å²) >= 11 is 1.67. The van der Waals surface area contributed by atoms with Crippen LogP contribution in [0.5, 0.6) is 0 Å². The third-order valence-corrected chi connectivity index (χ3v) is 4.53. The Morgan fingerprint density at radius 1 is 1.47 bits per heavy atom. The van der Waals surface area contributed by atoms with Crippen LogP contribution in [0.25, 0.3) is 10.2 Å². The number of hydrogen-bond acceptors (Lipinski definition) is 5. The summed E-state index contributed by atoms with van der Waals surface area (Å²) in [6.45, 7) is 5.43. The van der Waals surface area contributed by atoms with E-state index in [-0.39, 0.29) is 0 Å². The van der Waals surface area contributed by atoms with Gasteiger partial charge in [0.1, 0.15) is 0 Å². The number of fused-ring (bicyclic) bond motifs is 1. The zero-order valence-electron chi connectivity index (χ0n) is 11.2. The van der Waals surface area contributed by atoms with Crippen LogP contribution in [-0.2, 0) is 0 Å². The number of thiazole rings is 1. The molecular weight excluding hydrogens is 256 g/mol. The first-order valence-corrected chi connectivity index (χ1v) is 7.72. The molecule has 0 spiro atoms. The summed E-state index contributed by atoms with van der Waals surface area (Å²) in [6, 6.07) is 6.70. The maximum absolute atomic E-state index is 5.78. The molecule has 1 heterocycles. The summed E-state index contributed by atoms with van der Waals surface area (Å²) in [5, 5.41) is 4.42. The van der Waals surface area contributed by atoms with Gasteiger partial charge in [0.25, 0.3) is 0 Å². The number of nitrogens with one attached hydrogen (secondary N) is 1. The smallest absolute Gasteiger partial charge is 0.183 e. The maximum Gasteiger partial charge on any atom is 0.183 e. The van der Waals surface area contributed by atoms with E-state index >= 15 is 0 Å². The second-order valence-corrected chi connectivity index (χ2v) is 6.06. The van der Waals surface area contributed by atoms with Gasteiger partial charge in [0.15, 0.2) is 5.13 Å². The SMILES string of the molecule is CCN(CCNc1nc2ccc(N)cc2s1)C1CC1. The lowest BCUT2D eigenvalue weighted by molar-refractivity contribution is 0.289. The van der Waals surface area contributed by atoms with Gasteiger partial charge in [-0.2, -0.15) is 0 Å². The van der Waals surface area contributed by atoms with Gasteiger partial charge in [-0.3, -0.25) is 4.90 Å². The molecule has 2 aromatic rings. The molecule has 0 bridgehead atoms. The average Bonchev–Trinajstić information content (AvgIpc) is 3.15. The Morgan fingerprint density at radius 2 is 2.32 bits per heavy atom. The fourth-order valence-corrected chi connectivity index (χ4v) is 3.30. The Kier molecular flexibility index (Phi) is 3.57. The Hall–Kier alpha value is -1.33. The van der Waals surface area contributed by atoms with Crippen LogP contribution in [0.15, 0.2) is 18.2 Å². The van der Waals surface area contributed by atoms with Gasteiger partial charge in [-0.05, 0) is 37.6 Å². The number of nitrogens with zero attached hydrogens (tertiary/aromatic N) is 2. The molecule has 0 atom stereocenters. The van der Waals surface area contributed by atoms with E-state index in [2.05, 4.69) is 22.1 Å². The Morgan fingerprint density at radius 3 is 3.05 bits per heavy atom. The second kappa shape index (κ2) is 5.35. The molecule has 19 heavy (non-hydrogen) atoms. The highest BCUT2D eigenvalue weighted by molar-refractivity contribution is 7.22. The molecule has 1 aliphatic rings. The van der Waals surface area contributed by atoms with Gasteiger partial charge in [-0.1, -0.05) is 18.3 Å². The molecule has 4 nitrogen and oxygen atoms in total. The summed E-state index contributed by atoms with van der Waals surface area (Å²) in [7, 11) is 0. The number of aromatic nitrogens is 1. The lowest BCUT2D eigenvalue weighted by Crippen LogP contribution is -2.30. The summed E-state index contributed by atoms with van der Waals surface area (Å²) in [6.07, 6.45) is 2.74. The summed E-state index contributed by atoms with van der Waals surface area (Å²) in [5.41, 5.74) is 7.61. The van der Waals surface area contributed by atoms with Crippen LogP contribution in [0.3, 0.4) is 0 Å². The molecule has 0 radical (unpaired) electrons. The monoisotopic (exact) mass is 276 g/mol. The largest absolute Gasteiger partial charge is 0.399 e. The fourth-order valence-electron chi connectivity index (χ4n) is 2.36. The maximum atomic E-state index is 5.78. The van der Waals surface area contributed by atoms with E-state index in [1.165, 1.54) is 12.8 Å². The lowest BCUT2D eigenvalue weighted by atomic mass is 10.3. The van der Waals surface area contributed by atoms with Gasteiger partial charge in [-0.25, -0.2) is 4.98 Å². The van der Waals surface area contributed by atoms with E-state index in [0.717, 1.165) is 46.7 Å². The van der Waals surface area contributed by atoms with Crippen molar-refractivity contribution in [3.05, 3.63) is 18.2 Å². The number of nitrogen functional groups attached to an aromatic ring is 1. The molecule has 1 fully saturated rings. The predicted molar refractivity (Wildman–Crippen MR) is 82.8 cm³/mol. The first kappa shape index (κ1) is 12.7. The normalized spacial score (nSPS) is 15.3. The van der Waals surface area contributed by atoms with Crippen molar-refractivity contribution in [1.29, 1.82) is 0 Å². The highest BCUT2D eigenvalue weighted by atomic mass is 32.1. The van der Waals surface area contributed by atoms with Crippen molar-refractivity contribution in [2.75, 3.05) is 30.7 Å². The molecule has 0 amide bonds. The van der Waals surface area contributed by atoms with Crippen molar-refractivity contribution in [2.24, 2.45) is 0 Å². The minimum absolute atomic E-state index is 0.800. The number of anilines is 2. The van der Waals surface area contributed by atoms with Crippen molar-refractivity contribution in [3.63, 3.8) is 0 Å². The van der Waals surface area contributed by atoms with Gasteiger partial charge >= 0.3 is 0 Å². The van der Waals surface area contributed by atoms with Gasteiger partial charge in [0.05, 0.1) is 10.2 Å². The van der Waals surface area contributed by atoms with Crippen LogP contribution in [0.2, 0.25) is 0 Å². The minimum Gasteiger partial charge on any atom is -0.399 e. The lowest BCUT2D eigenvalue weighted by Gasteiger charge is -2.19. The van der Waals surface area contributed by atoms with Crippen LogP contribution >= 0.6 is 11.3 Å².